The molecule has 0 aliphatic carbocycles. The third kappa shape index (κ3) is 3.20. The Morgan fingerprint density at radius 1 is 1.07 bits per heavy atom. The van der Waals surface area contributed by atoms with Crippen LogP contribution in [0, 0.1) is 18.3 Å². The number of aromatic nitrogens is 5. The van der Waals surface area contributed by atoms with Crippen molar-refractivity contribution >= 4 is 16.3 Å². The van der Waals surface area contributed by atoms with E-state index in [1.807, 2.05) is 42.0 Å². The van der Waals surface area contributed by atoms with E-state index in [0.717, 1.165) is 33.2 Å². The molecule has 0 amide bonds. The smallest absolute Gasteiger partial charge is 0.194 e. The van der Waals surface area contributed by atoms with Crippen molar-refractivity contribution in [3.8, 4) is 28.7 Å². The van der Waals surface area contributed by atoms with E-state index in [0.29, 0.717) is 12.1 Å². The zero-order chi connectivity index (χ0) is 19.8. The second-order valence-corrected chi connectivity index (χ2v) is 7.71. The predicted molar refractivity (Wildman–Crippen MR) is 113 cm³/mol. The molecule has 0 bridgehead atoms. The van der Waals surface area contributed by atoms with Crippen molar-refractivity contribution in [1.29, 1.82) is 5.26 Å². The van der Waals surface area contributed by atoms with E-state index >= 15 is 0 Å². The molecule has 0 spiro atoms. The highest BCUT2D eigenvalue weighted by molar-refractivity contribution is 7.15. The Labute approximate surface area is 171 Å². The highest BCUT2D eigenvalue weighted by Gasteiger charge is 2.19. The van der Waals surface area contributed by atoms with Gasteiger partial charge >= 0.3 is 0 Å². The quantitative estimate of drug-likeness (QED) is 0.447. The van der Waals surface area contributed by atoms with Crippen LogP contribution in [0.1, 0.15) is 16.7 Å². The van der Waals surface area contributed by atoms with Crippen LogP contribution >= 0.6 is 11.3 Å². The lowest BCUT2D eigenvalue weighted by Gasteiger charge is -2.02. The molecule has 0 atom stereocenters. The fraction of sp³-hybridized carbons (Fsp3) is 0.0909. The molecular formula is C22H16N6S. The summed E-state index contributed by atoms with van der Waals surface area (Å²) in [4.78, 5) is 5.76. The van der Waals surface area contributed by atoms with Crippen LogP contribution in [0.2, 0.25) is 0 Å². The Morgan fingerprint density at radius 3 is 2.62 bits per heavy atom. The van der Waals surface area contributed by atoms with Gasteiger partial charge < -0.3 is 0 Å². The van der Waals surface area contributed by atoms with Crippen LogP contribution in [-0.4, -0.2) is 24.4 Å². The Kier molecular flexibility index (Phi) is 4.19. The van der Waals surface area contributed by atoms with Gasteiger partial charge in [0.15, 0.2) is 4.96 Å². The Morgan fingerprint density at radius 2 is 1.86 bits per heavy atom. The largest absolute Gasteiger partial charge is 0.288 e. The van der Waals surface area contributed by atoms with Crippen LogP contribution in [0.4, 0.5) is 0 Å². The number of hydrogen-bond acceptors (Lipinski definition) is 5. The lowest BCUT2D eigenvalue weighted by molar-refractivity contribution is 0.650. The van der Waals surface area contributed by atoms with E-state index in [1.165, 1.54) is 5.56 Å². The van der Waals surface area contributed by atoms with Crippen LogP contribution < -0.4 is 0 Å². The summed E-state index contributed by atoms with van der Waals surface area (Å²) in [5.41, 5.74) is 6.61. The summed E-state index contributed by atoms with van der Waals surface area (Å²) in [6.45, 7) is 2.66. The number of rotatable bonds is 4. The maximum absolute atomic E-state index is 8.95. The third-order valence-electron chi connectivity index (χ3n) is 4.80. The number of aryl methyl sites for hydroxylation is 1. The summed E-state index contributed by atoms with van der Waals surface area (Å²) >= 11 is 1.60. The van der Waals surface area contributed by atoms with Gasteiger partial charge in [0.25, 0.3) is 0 Å². The summed E-state index contributed by atoms with van der Waals surface area (Å²) in [6.07, 6.45) is 3.96. The molecule has 2 aromatic carbocycles. The van der Waals surface area contributed by atoms with Gasteiger partial charge in [0, 0.05) is 17.1 Å². The first-order chi connectivity index (χ1) is 14.2. The summed E-state index contributed by atoms with van der Waals surface area (Å²) in [6, 6.07) is 18.0. The first-order valence-corrected chi connectivity index (χ1v) is 10.0. The minimum atomic E-state index is 0.587. The normalized spacial score (nSPS) is 11.0. The van der Waals surface area contributed by atoms with E-state index in [1.54, 1.807) is 16.0 Å². The van der Waals surface area contributed by atoms with Crippen LogP contribution in [0.3, 0.4) is 0 Å². The summed E-state index contributed by atoms with van der Waals surface area (Å²) in [5, 5.41) is 19.7. The number of nitrogens with zero attached hydrogens (tertiary/aromatic N) is 6. The van der Waals surface area contributed by atoms with Crippen molar-refractivity contribution in [3.05, 3.63) is 83.0 Å². The second kappa shape index (κ2) is 7.00. The lowest BCUT2D eigenvalue weighted by atomic mass is 10.1. The summed E-state index contributed by atoms with van der Waals surface area (Å²) in [5.74, 6) is 0. The minimum Gasteiger partial charge on any atom is -0.288 e. The van der Waals surface area contributed by atoms with Gasteiger partial charge in [0.2, 0.25) is 0 Å². The molecule has 3 aromatic heterocycles. The zero-order valence-electron chi connectivity index (χ0n) is 15.6. The number of nitriles is 1. The van der Waals surface area contributed by atoms with Crippen molar-refractivity contribution in [2.75, 3.05) is 0 Å². The Hall–Kier alpha value is -3.76. The van der Waals surface area contributed by atoms with Crippen molar-refractivity contribution < 1.29 is 0 Å². The molecule has 0 N–H and O–H groups in total. The predicted octanol–water partition coefficient (Wildman–Crippen LogP) is 4.55. The first kappa shape index (κ1) is 17.3. The molecule has 7 heteroatoms. The average molecular weight is 396 g/mol. The standard InChI is InChI=1S/C22H16N6S/c1-15-2-8-18(9-3-15)20-21(28-10-11-29-22(28)24-20)19-14-27(26-25-19)13-17-6-4-16(12-23)5-7-17/h2-11,14H,13H2,1H3. The molecule has 29 heavy (non-hydrogen) atoms. The highest BCUT2D eigenvalue weighted by atomic mass is 32.1. The molecule has 5 rings (SSSR count). The van der Waals surface area contributed by atoms with Gasteiger partial charge in [-0.2, -0.15) is 5.26 Å². The van der Waals surface area contributed by atoms with Crippen molar-refractivity contribution in [2.45, 2.75) is 13.5 Å². The Bertz CT molecular complexity index is 1330. The van der Waals surface area contributed by atoms with Gasteiger partial charge in [-0.05, 0) is 24.6 Å². The molecule has 3 heterocycles. The van der Waals surface area contributed by atoms with Crippen LogP contribution in [0.25, 0.3) is 27.6 Å². The van der Waals surface area contributed by atoms with Gasteiger partial charge in [-0.15, -0.1) is 16.4 Å². The number of thiazole rings is 1. The van der Waals surface area contributed by atoms with Gasteiger partial charge in [0.05, 0.1) is 30.1 Å². The van der Waals surface area contributed by atoms with E-state index in [9.17, 15) is 0 Å². The molecule has 0 unspecified atom stereocenters. The van der Waals surface area contributed by atoms with E-state index < -0.39 is 0 Å². The second-order valence-electron chi connectivity index (χ2n) is 6.84. The first-order valence-electron chi connectivity index (χ1n) is 9.13. The maximum Gasteiger partial charge on any atom is 0.194 e. The molecule has 0 fully saturated rings. The Balaban J connectivity index is 1.54. The SMILES string of the molecule is Cc1ccc(-c2nc3sccn3c2-c2cn(Cc3ccc(C#N)cc3)nn2)cc1. The fourth-order valence-electron chi connectivity index (χ4n) is 3.30. The number of fused-ring (bicyclic) bond motifs is 1. The summed E-state index contributed by atoms with van der Waals surface area (Å²) in [7, 11) is 0. The maximum atomic E-state index is 8.95. The topological polar surface area (TPSA) is 71.8 Å². The van der Waals surface area contributed by atoms with Crippen LogP contribution in [-0.2, 0) is 6.54 Å². The fourth-order valence-corrected chi connectivity index (χ4v) is 4.01. The molecular weight excluding hydrogens is 380 g/mol. The molecule has 0 aliphatic rings. The number of hydrogen-bond donors (Lipinski definition) is 0. The van der Waals surface area contributed by atoms with Gasteiger partial charge in [0.1, 0.15) is 11.4 Å². The van der Waals surface area contributed by atoms with Crippen molar-refractivity contribution in [1.82, 2.24) is 24.4 Å². The molecule has 6 nitrogen and oxygen atoms in total. The van der Waals surface area contributed by atoms with Crippen LogP contribution in [0.5, 0.6) is 0 Å². The highest BCUT2D eigenvalue weighted by Crippen LogP contribution is 2.33. The zero-order valence-corrected chi connectivity index (χ0v) is 16.5. The molecule has 0 radical (unpaired) electrons. The van der Waals surface area contributed by atoms with Gasteiger partial charge in [-0.1, -0.05) is 47.2 Å². The van der Waals surface area contributed by atoms with Crippen molar-refractivity contribution in [3.63, 3.8) is 0 Å². The lowest BCUT2D eigenvalue weighted by Crippen LogP contribution is -2.00. The van der Waals surface area contributed by atoms with E-state index in [4.69, 9.17) is 10.2 Å². The average Bonchev–Trinajstić information content (AvgIpc) is 3.45. The van der Waals surface area contributed by atoms with Crippen LogP contribution in [0.15, 0.2) is 66.3 Å². The molecule has 0 aliphatic heterocycles. The van der Waals surface area contributed by atoms with Crippen molar-refractivity contribution in [2.24, 2.45) is 0 Å². The number of benzene rings is 2. The third-order valence-corrected chi connectivity index (χ3v) is 5.55. The van der Waals surface area contributed by atoms with Gasteiger partial charge in [-0.25, -0.2) is 9.67 Å². The van der Waals surface area contributed by atoms with Gasteiger partial charge in [-0.3, -0.25) is 4.40 Å². The molecule has 0 saturated heterocycles. The number of imidazole rings is 1. The molecule has 140 valence electrons. The minimum absolute atomic E-state index is 0.587. The van der Waals surface area contributed by atoms with E-state index in [-0.39, 0.29) is 0 Å². The molecule has 5 aromatic rings. The van der Waals surface area contributed by atoms with E-state index in [2.05, 4.69) is 52.0 Å². The molecule has 0 saturated carbocycles. The summed E-state index contributed by atoms with van der Waals surface area (Å²) < 4.78 is 3.87. The monoisotopic (exact) mass is 396 g/mol.